The van der Waals surface area contributed by atoms with E-state index in [0.29, 0.717) is 28.2 Å². The van der Waals surface area contributed by atoms with Crippen molar-refractivity contribution in [2.24, 2.45) is 5.10 Å². The lowest BCUT2D eigenvalue weighted by Gasteiger charge is -2.10. The number of imide groups is 1. The van der Waals surface area contributed by atoms with Gasteiger partial charge in [0, 0.05) is 5.56 Å². The second kappa shape index (κ2) is 5.92. The number of rotatable bonds is 4. The number of para-hydroxylation sites is 1. The van der Waals surface area contributed by atoms with Crippen molar-refractivity contribution < 1.29 is 19.1 Å². The van der Waals surface area contributed by atoms with Crippen LogP contribution in [0.3, 0.4) is 0 Å². The molecule has 6 nitrogen and oxygen atoms in total. The maximum absolute atomic E-state index is 12.2. The fourth-order valence-corrected chi connectivity index (χ4v) is 2.41. The summed E-state index contributed by atoms with van der Waals surface area (Å²) in [6, 6.07) is 11.9. The van der Waals surface area contributed by atoms with Crippen LogP contribution < -0.4 is 9.47 Å². The van der Waals surface area contributed by atoms with Crippen LogP contribution in [-0.4, -0.2) is 37.3 Å². The van der Waals surface area contributed by atoms with Crippen molar-refractivity contribution in [1.29, 1.82) is 0 Å². The molecule has 6 heteroatoms. The number of ether oxygens (including phenoxy) is 2. The number of hydrogen-bond acceptors (Lipinski definition) is 5. The van der Waals surface area contributed by atoms with Crippen molar-refractivity contribution in [3.05, 3.63) is 59.2 Å². The van der Waals surface area contributed by atoms with Gasteiger partial charge in [0.1, 0.15) is 0 Å². The van der Waals surface area contributed by atoms with E-state index in [4.69, 9.17) is 9.47 Å². The van der Waals surface area contributed by atoms with Crippen LogP contribution in [0.25, 0.3) is 0 Å². The van der Waals surface area contributed by atoms with E-state index in [1.807, 2.05) is 0 Å². The molecule has 0 radical (unpaired) electrons. The van der Waals surface area contributed by atoms with Gasteiger partial charge in [-0.25, -0.2) is 0 Å². The topological polar surface area (TPSA) is 68.2 Å². The Kier molecular flexibility index (Phi) is 3.80. The van der Waals surface area contributed by atoms with E-state index in [1.165, 1.54) is 20.4 Å². The largest absolute Gasteiger partial charge is 0.493 e. The van der Waals surface area contributed by atoms with Gasteiger partial charge in [0.25, 0.3) is 11.8 Å². The second-order valence-corrected chi connectivity index (χ2v) is 4.80. The van der Waals surface area contributed by atoms with E-state index >= 15 is 0 Å². The summed E-state index contributed by atoms with van der Waals surface area (Å²) in [5.74, 6) is 0.140. The van der Waals surface area contributed by atoms with Crippen molar-refractivity contribution in [2.45, 2.75) is 0 Å². The van der Waals surface area contributed by atoms with Gasteiger partial charge in [0.05, 0.1) is 31.6 Å². The number of nitrogens with zero attached hydrogens (tertiary/aromatic N) is 2. The molecule has 2 aromatic carbocycles. The Labute approximate surface area is 132 Å². The third kappa shape index (κ3) is 2.44. The van der Waals surface area contributed by atoms with Crippen molar-refractivity contribution >= 4 is 18.0 Å². The number of fused-ring (bicyclic) bond motifs is 1. The molecule has 0 N–H and O–H groups in total. The maximum Gasteiger partial charge on any atom is 0.282 e. The number of hydrazone groups is 1. The fraction of sp³-hybridized carbons (Fsp3) is 0.118. The van der Waals surface area contributed by atoms with Crippen LogP contribution in [0.1, 0.15) is 26.3 Å². The fourth-order valence-electron chi connectivity index (χ4n) is 2.41. The molecule has 0 unspecified atom stereocenters. The van der Waals surface area contributed by atoms with Gasteiger partial charge in [-0.3, -0.25) is 9.59 Å². The van der Waals surface area contributed by atoms with E-state index < -0.39 is 11.8 Å². The standard InChI is InChI=1S/C17H14N2O4/c1-22-14-9-5-6-11(15(14)23-2)10-18-19-16(20)12-7-3-4-8-13(12)17(19)21/h3-10H,1-2H3/b18-10-. The quantitative estimate of drug-likeness (QED) is 0.642. The zero-order valence-corrected chi connectivity index (χ0v) is 12.6. The molecule has 0 fully saturated rings. The number of amides is 2. The Morgan fingerprint density at radius 3 is 2.13 bits per heavy atom. The molecule has 2 aromatic rings. The van der Waals surface area contributed by atoms with Crippen LogP contribution in [0.2, 0.25) is 0 Å². The van der Waals surface area contributed by atoms with Gasteiger partial charge >= 0.3 is 0 Å². The molecule has 1 aliphatic heterocycles. The van der Waals surface area contributed by atoms with Crippen molar-refractivity contribution in [3.63, 3.8) is 0 Å². The molecule has 3 rings (SSSR count). The molecule has 0 bridgehead atoms. The normalized spacial score (nSPS) is 13.6. The summed E-state index contributed by atoms with van der Waals surface area (Å²) in [6.07, 6.45) is 1.41. The third-order valence-electron chi connectivity index (χ3n) is 3.52. The highest BCUT2D eigenvalue weighted by Crippen LogP contribution is 2.30. The van der Waals surface area contributed by atoms with Crippen LogP contribution in [-0.2, 0) is 0 Å². The summed E-state index contributed by atoms with van der Waals surface area (Å²) in [6.45, 7) is 0. The predicted molar refractivity (Wildman–Crippen MR) is 84.1 cm³/mol. The molecule has 0 spiro atoms. The molecule has 0 saturated carbocycles. The lowest BCUT2D eigenvalue weighted by molar-refractivity contribution is 0.0660. The minimum Gasteiger partial charge on any atom is -0.493 e. The van der Waals surface area contributed by atoms with Crippen LogP contribution in [0.5, 0.6) is 11.5 Å². The maximum atomic E-state index is 12.2. The van der Waals surface area contributed by atoms with E-state index in [-0.39, 0.29) is 0 Å². The molecular weight excluding hydrogens is 296 g/mol. The van der Waals surface area contributed by atoms with Gasteiger partial charge in [-0.15, -0.1) is 0 Å². The summed E-state index contributed by atoms with van der Waals surface area (Å²) in [7, 11) is 3.04. The zero-order valence-electron chi connectivity index (χ0n) is 12.6. The first-order valence-electron chi connectivity index (χ1n) is 6.90. The highest BCUT2D eigenvalue weighted by molar-refractivity contribution is 6.21. The number of methoxy groups -OCH3 is 2. The summed E-state index contributed by atoms with van der Waals surface area (Å²) < 4.78 is 10.5. The summed E-state index contributed by atoms with van der Waals surface area (Å²) in [5, 5.41) is 4.88. The van der Waals surface area contributed by atoms with Gasteiger partial charge in [0.15, 0.2) is 11.5 Å². The SMILES string of the molecule is COc1cccc(/C=N\N2C(=O)c3ccccc3C2=O)c1OC. The van der Waals surface area contributed by atoms with Gasteiger partial charge in [-0.1, -0.05) is 18.2 Å². The van der Waals surface area contributed by atoms with Crippen LogP contribution >= 0.6 is 0 Å². The van der Waals surface area contributed by atoms with Gasteiger partial charge in [-0.05, 0) is 24.3 Å². The second-order valence-electron chi connectivity index (χ2n) is 4.80. The minimum absolute atomic E-state index is 0.354. The molecule has 0 aromatic heterocycles. The van der Waals surface area contributed by atoms with Crippen molar-refractivity contribution in [1.82, 2.24) is 5.01 Å². The average molecular weight is 310 g/mol. The molecule has 1 heterocycles. The van der Waals surface area contributed by atoms with Gasteiger partial charge < -0.3 is 9.47 Å². The Balaban J connectivity index is 1.94. The summed E-state index contributed by atoms with van der Waals surface area (Å²) in [4.78, 5) is 24.5. The number of hydrogen-bond donors (Lipinski definition) is 0. The number of carbonyl (C=O) groups excluding carboxylic acids is 2. The van der Waals surface area contributed by atoms with Crippen molar-refractivity contribution in [3.8, 4) is 11.5 Å². The van der Waals surface area contributed by atoms with E-state index in [9.17, 15) is 9.59 Å². The first kappa shape index (κ1) is 14.8. The monoisotopic (exact) mass is 310 g/mol. The Bertz CT molecular complexity index is 779. The van der Waals surface area contributed by atoms with E-state index in [2.05, 4.69) is 5.10 Å². The first-order valence-corrected chi connectivity index (χ1v) is 6.90. The van der Waals surface area contributed by atoms with E-state index in [1.54, 1.807) is 42.5 Å². The zero-order chi connectivity index (χ0) is 16.4. The Hall–Kier alpha value is -3.15. The van der Waals surface area contributed by atoms with Crippen molar-refractivity contribution in [2.75, 3.05) is 14.2 Å². The predicted octanol–water partition coefficient (Wildman–Crippen LogP) is 2.33. The highest BCUT2D eigenvalue weighted by Gasteiger charge is 2.35. The van der Waals surface area contributed by atoms with Crippen LogP contribution in [0, 0.1) is 0 Å². The summed E-state index contributed by atoms with van der Waals surface area (Å²) >= 11 is 0. The lowest BCUT2D eigenvalue weighted by Crippen LogP contribution is -2.24. The molecule has 0 saturated heterocycles. The van der Waals surface area contributed by atoms with Gasteiger partial charge in [0.2, 0.25) is 0 Å². The van der Waals surface area contributed by atoms with E-state index in [0.717, 1.165) is 5.01 Å². The lowest BCUT2D eigenvalue weighted by atomic mass is 10.1. The number of benzene rings is 2. The molecule has 0 atom stereocenters. The molecular formula is C17H14N2O4. The Morgan fingerprint density at radius 1 is 0.913 bits per heavy atom. The van der Waals surface area contributed by atoms with Gasteiger partial charge in [-0.2, -0.15) is 10.1 Å². The molecule has 23 heavy (non-hydrogen) atoms. The molecule has 116 valence electrons. The average Bonchev–Trinajstić information content (AvgIpc) is 2.84. The molecule has 1 aliphatic rings. The highest BCUT2D eigenvalue weighted by atomic mass is 16.5. The van der Waals surface area contributed by atoms with Crippen LogP contribution in [0.4, 0.5) is 0 Å². The molecule has 2 amide bonds. The first-order chi connectivity index (χ1) is 11.2. The Morgan fingerprint density at radius 2 is 1.57 bits per heavy atom. The smallest absolute Gasteiger partial charge is 0.282 e. The summed E-state index contributed by atoms with van der Waals surface area (Å²) in [5.41, 5.74) is 1.31. The molecule has 0 aliphatic carbocycles. The number of carbonyl (C=O) groups is 2. The van der Waals surface area contributed by atoms with Crippen LogP contribution in [0.15, 0.2) is 47.6 Å². The minimum atomic E-state index is -0.441. The third-order valence-corrected chi connectivity index (χ3v) is 3.52.